The Bertz CT molecular complexity index is 1090. The first-order valence-electron chi connectivity index (χ1n) is 11.8. The highest BCUT2D eigenvalue weighted by Crippen LogP contribution is 2.54. The maximum absolute atomic E-state index is 13.3. The number of carbonyl (C=O) groups excluding carboxylic acids is 1. The zero-order valence-electron chi connectivity index (χ0n) is 19.2. The van der Waals surface area contributed by atoms with Crippen LogP contribution in [0.15, 0.2) is 79.7 Å². The van der Waals surface area contributed by atoms with Crippen LogP contribution in [0.1, 0.15) is 61.0 Å². The SMILES string of the molecule is [C-]#[N+]c1ccc2c(c1)C(CC=C)(CC=C)C(=CC(=O)c1ccccn1)N2CC1CCCCC1. The second-order valence-electron chi connectivity index (χ2n) is 9.10. The zero-order valence-corrected chi connectivity index (χ0v) is 19.2. The molecule has 2 heterocycles. The molecule has 0 bridgehead atoms. The van der Waals surface area contributed by atoms with Gasteiger partial charge in [0.15, 0.2) is 5.69 Å². The summed E-state index contributed by atoms with van der Waals surface area (Å²) in [5.41, 5.74) is 3.73. The first kappa shape index (κ1) is 22.7. The lowest BCUT2D eigenvalue weighted by atomic mass is 9.73. The van der Waals surface area contributed by atoms with Crippen LogP contribution in [0.3, 0.4) is 0 Å². The normalized spacial score (nSPS) is 18.5. The van der Waals surface area contributed by atoms with Crippen LogP contribution in [-0.4, -0.2) is 17.3 Å². The van der Waals surface area contributed by atoms with Crippen LogP contribution in [0.25, 0.3) is 4.85 Å². The number of anilines is 1. The van der Waals surface area contributed by atoms with E-state index in [-0.39, 0.29) is 5.78 Å². The fourth-order valence-corrected chi connectivity index (χ4v) is 5.49. The quantitative estimate of drug-likeness (QED) is 0.190. The highest BCUT2D eigenvalue weighted by Gasteiger charge is 2.46. The van der Waals surface area contributed by atoms with E-state index in [1.807, 2.05) is 36.4 Å². The smallest absolute Gasteiger partial charge is 0.205 e. The molecule has 4 nitrogen and oxygen atoms in total. The van der Waals surface area contributed by atoms with Gasteiger partial charge in [0.1, 0.15) is 5.69 Å². The van der Waals surface area contributed by atoms with Gasteiger partial charge in [-0.25, -0.2) is 4.85 Å². The Balaban J connectivity index is 1.89. The van der Waals surface area contributed by atoms with Gasteiger partial charge in [0.2, 0.25) is 5.78 Å². The monoisotopic (exact) mass is 437 g/mol. The lowest BCUT2D eigenvalue weighted by Gasteiger charge is -2.35. The largest absolute Gasteiger partial charge is 0.344 e. The molecule has 1 fully saturated rings. The Labute approximate surface area is 197 Å². The molecular weight excluding hydrogens is 406 g/mol. The van der Waals surface area contributed by atoms with Crippen LogP contribution < -0.4 is 4.90 Å². The van der Waals surface area contributed by atoms with Crippen molar-refractivity contribution in [3.63, 3.8) is 0 Å². The first-order valence-corrected chi connectivity index (χ1v) is 11.8. The van der Waals surface area contributed by atoms with Crippen molar-refractivity contribution in [1.82, 2.24) is 4.98 Å². The van der Waals surface area contributed by atoms with E-state index in [1.54, 1.807) is 18.3 Å². The predicted octanol–water partition coefficient (Wildman–Crippen LogP) is 7.19. The minimum atomic E-state index is -0.474. The van der Waals surface area contributed by atoms with Crippen molar-refractivity contribution < 1.29 is 4.79 Å². The molecule has 33 heavy (non-hydrogen) atoms. The maximum atomic E-state index is 13.3. The van der Waals surface area contributed by atoms with E-state index in [1.165, 1.54) is 32.1 Å². The van der Waals surface area contributed by atoms with Gasteiger partial charge >= 0.3 is 0 Å². The number of allylic oxidation sites excluding steroid dienone is 4. The summed E-state index contributed by atoms with van der Waals surface area (Å²) < 4.78 is 0. The summed E-state index contributed by atoms with van der Waals surface area (Å²) in [7, 11) is 0. The number of ketones is 1. The standard InChI is InChI=1S/C29H31N3O/c1-4-16-29(17-5-2)24-19-23(30-3)14-15-26(24)32(21-22-11-7-6-8-12-22)28(29)20-27(33)25-13-9-10-18-31-25/h4-5,9-10,13-15,18-20,22H,1-2,6-8,11-12,16-17,21H2. The number of pyridine rings is 1. The van der Waals surface area contributed by atoms with Gasteiger partial charge in [-0.1, -0.05) is 49.6 Å². The summed E-state index contributed by atoms with van der Waals surface area (Å²) in [4.78, 5) is 23.7. The van der Waals surface area contributed by atoms with Crippen molar-refractivity contribution in [2.75, 3.05) is 11.4 Å². The number of hydrogen-bond donors (Lipinski definition) is 0. The van der Waals surface area contributed by atoms with Crippen LogP contribution in [0.2, 0.25) is 0 Å². The Hall–Kier alpha value is -3.45. The number of fused-ring (bicyclic) bond motifs is 1. The van der Waals surface area contributed by atoms with E-state index in [0.717, 1.165) is 23.5 Å². The second-order valence-corrected chi connectivity index (χ2v) is 9.10. The minimum absolute atomic E-state index is 0.102. The Kier molecular flexibility index (Phi) is 6.89. The molecule has 1 aliphatic carbocycles. The number of carbonyl (C=O) groups is 1. The summed E-state index contributed by atoms with van der Waals surface area (Å²) in [5, 5.41) is 0. The fourth-order valence-electron chi connectivity index (χ4n) is 5.49. The van der Waals surface area contributed by atoms with Crippen molar-refractivity contribution >= 4 is 17.2 Å². The van der Waals surface area contributed by atoms with Crippen molar-refractivity contribution in [3.8, 4) is 0 Å². The molecule has 0 saturated heterocycles. The second kappa shape index (κ2) is 10.0. The van der Waals surface area contributed by atoms with Crippen molar-refractivity contribution in [3.05, 3.63) is 102 Å². The van der Waals surface area contributed by atoms with E-state index in [4.69, 9.17) is 6.57 Å². The molecule has 2 aliphatic rings. The molecule has 1 saturated carbocycles. The van der Waals surface area contributed by atoms with E-state index in [0.29, 0.717) is 30.1 Å². The van der Waals surface area contributed by atoms with Gasteiger partial charge in [-0.05, 0) is 55.4 Å². The molecule has 1 aromatic carbocycles. The van der Waals surface area contributed by atoms with Crippen LogP contribution >= 0.6 is 0 Å². The molecular formula is C29H31N3O. The van der Waals surface area contributed by atoms with Crippen LogP contribution in [0, 0.1) is 12.5 Å². The average molecular weight is 438 g/mol. The third kappa shape index (κ3) is 4.41. The Morgan fingerprint density at radius 3 is 2.55 bits per heavy atom. The third-order valence-electron chi connectivity index (χ3n) is 7.03. The molecule has 0 atom stereocenters. The number of benzene rings is 1. The molecule has 1 aromatic heterocycles. The summed E-state index contributed by atoms with van der Waals surface area (Å²) in [6.45, 7) is 16.5. The highest BCUT2D eigenvalue weighted by atomic mass is 16.1. The lowest BCUT2D eigenvalue weighted by molar-refractivity contribution is 0.104. The molecule has 0 unspecified atom stereocenters. The summed E-state index contributed by atoms with van der Waals surface area (Å²) >= 11 is 0. The van der Waals surface area contributed by atoms with Gasteiger partial charge in [-0.15, -0.1) is 13.2 Å². The molecule has 0 amide bonds. The summed E-state index contributed by atoms with van der Waals surface area (Å²) in [5.74, 6) is 0.485. The third-order valence-corrected chi connectivity index (χ3v) is 7.03. The van der Waals surface area contributed by atoms with E-state index >= 15 is 0 Å². The van der Waals surface area contributed by atoms with E-state index in [9.17, 15) is 4.79 Å². The molecule has 0 radical (unpaired) electrons. The lowest BCUT2D eigenvalue weighted by Crippen LogP contribution is -2.34. The van der Waals surface area contributed by atoms with Crippen molar-refractivity contribution in [2.24, 2.45) is 5.92 Å². The molecule has 4 heteroatoms. The molecule has 0 N–H and O–H groups in total. The predicted molar refractivity (Wildman–Crippen MR) is 135 cm³/mol. The number of rotatable bonds is 8. The molecule has 1 aliphatic heterocycles. The van der Waals surface area contributed by atoms with Crippen LogP contribution in [-0.2, 0) is 5.41 Å². The topological polar surface area (TPSA) is 37.6 Å². The summed E-state index contributed by atoms with van der Waals surface area (Å²) in [6, 6.07) is 11.3. The first-order chi connectivity index (χ1) is 16.1. The number of hydrogen-bond acceptors (Lipinski definition) is 3. The van der Waals surface area contributed by atoms with Crippen molar-refractivity contribution in [1.29, 1.82) is 0 Å². The average Bonchev–Trinajstić information content (AvgIpc) is 3.09. The molecule has 0 spiro atoms. The minimum Gasteiger partial charge on any atom is -0.344 e. The van der Waals surface area contributed by atoms with Gasteiger partial charge in [0.05, 0.1) is 6.57 Å². The number of nitrogens with zero attached hydrogens (tertiary/aromatic N) is 3. The zero-order chi connectivity index (χ0) is 23.3. The van der Waals surface area contributed by atoms with E-state index < -0.39 is 5.41 Å². The Morgan fingerprint density at radius 1 is 1.15 bits per heavy atom. The van der Waals surface area contributed by atoms with Gasteiger partial charge in [-0.2, -0.15) is 0 Å². The number of aromatic nitrogens is 1. The van der Waals surface area contributed by atoms with Gasteiger partial charge in [0, 0.05) is 35.6 Å². The Morgan fingerprint density at radius 2 is 1.91 bits per heavy atom. The van der Waals surface area contributed by atoms with Crippen LogP contribution in [0.4, 0.5) is 11.4 Å². The van der Waals surface area contributed by atoms with Crippen molar-refractivity contribution in [2.45, 2.75) is 50.4 Å². The molecule has 2 aromatic rings. The fraction of sp³-hybridized carbons (Fsp3) is 0.345. The maximum Gasteiger partial charge on any atom is 0.205 e. The van der Waals surface area contributed by atoms with Gasteiger partial charge < -0.3 is 4.90 Å². The summed E-state index contributed by atoms with van der Waals surface area (Å²) in [6.07, 6.45) is 14.8. The van der Waals surface area contributed by atoms with E-state index in [2.05, 4.69) is 34.0 Å². The highest BCUT2D eigenvalue weighted by molar-refractivity contribution is 6.04. The molecule has 4 rings (SSSR count). The van der Waals surface area contributed by atoms with Crippen LogP contribution in [0.5, 0.6) is 0 Å². The van der Waals surface area contributed by atoms with Gasteiger partial charge in [-0.3, -0.25) is 9.78 Å². The van der Waals surface area contributed by atoms with Gasteiger partial charge in [0.25, 0.3) is 0 Å². The molecule has 168 valence electrons.